The molecule has 0 aliphatic rings. The van der Waals surface area contributed by atoms with Crippen molar-refractivity contribution in [2.24, 2.45) is 5.92 Å². The van der Waals surface area contributed by atoms with Gasteiger partial charge in [0, 0.05) is 5.92 Å². The maximum atomic E-state index is 5.80. The number of ether oxygens (including phenoxy) is 2. The Morgan fingerprint density at radius 3 is 1.80 bits per heavy atom. The Kier molecular flexibility index (Phi) is 7.71. The van der Waals surface area contributed by atoms with Crippen LogP contribution in [0.3, 0.4) is 0 Å². The van der Waals surface area contributed by atoms with Crippen molar-refractivity contribution in [3.05, 3.63) is 12.7 Å². The lowest BCUT2D eigenvalue weighted by Crippen LogP contribution is -2.31. The second-order valence-corrected chi connectivity index (χ2v) is 4.43. The first-order valence-corrected chi connectivity index (χ1v) is 5.93. The van der Waals surface area contributed by atoms with Crippen molar-refractivity contribution in [2.75, 3.05) is 0 Å². The smallest absolute Gasteiger partial charge is 0.161 e. The van der Waals surface area contributed by atoms with Crippen LogP contribution in [-0.4, -0.2) is 18.5 Å². The van der Waals surface area contributed by atoms with E-state index in [1.54, 1.807) is 0 Å². The Hall–Kier alpha value is -0.340. The molecule has 0 rings (SSSR count). The molecule has 0 N–H and O–H groups in total. The average molecular weight is 214 g/mol. The van der Waals surface area contributed by atoms with E-state index in [0.717, 1.165) is 12.8 Å². The molecule has 0 aliphatic heterocycles. The number of hydrogen-bond donors (Lipinski definition) is 0. The van der Waals surface area contributed by atoms with Gasteiger partial charge in [0.15, 0.2) is 6.29 Å². The van der Waals surface area contributed by atoms with Crippen LogP contribution in [0.25, 0.3) is 0 Å². The normalized spacial score (nSPS) is 13.9. The first kappa shape index (κ1) is 14.7. The van der Waals surface area contributed by atoms with E-state index in [1.165, 1.54) is 0 Å². The van der Waals surface area contributed by atoms with Crippen molar-refractivity contribution in [1.82, 2.24) is 0 Å². The van der Waals surface area contributed by atoms with Gasteiger partial charge in [-0.25, -0.2) is 0 Å². The minimum absolute atomic E-state index is 0.104. The zero-order valence-corrected chi connectivity index (χ0v) is 10.8. The van der Waals surface area contributed by atoms with Gasteiger partial charge in [-0.1, -0.05) is 13.0 Å². The van der Waals surface area contributed by atoms with E-state index in [9.17, 15) is 0 Å². The van der Waals surface area contributed by atoms with Gasteiger partial charge in [0.25, 0.3) is 0 Å². The summed E-state index contributed by atoms with van der Waals surface area (Å²) in [5, 5.41) is 0. The zero-order valence-electron chi connectivity index (χ0n) is 10.8. The van der Waals surface area contributed by atoms with E-state index < -0.39 is 0 Å². The molecule has 1 atom stereocenters. The van der Waals surface area contributed by atoms with Gasteiger partial charge in [-0.2, -0.15) is 0 Å². The van der Waals surface area contributed by atoms with Crippen molar-refractivity contribution < 1.29 is 9.47 Å². The molecule has 2 nitrogen and oxygen atoms in total. The molecule has 90 valence electrons. The van der Waals surface area contributed by atoms with Crippen LogP contribution in [0.2, 0.25) is 0 Å². The maximum Gasteiger partial charge on any atom is 0.161 e. The fourth-order valence-corrected chi connectivity index (χ4v) is 1.48. The van der Waals surface area contributed by atoms with Crippen LogP contribution in [0.5, 0.6) is 0 Å². The minimum atomic E-state index is -0.104. The third kappa shape index (κ3) is 6.69. The van der Waals surface area contributed by atoms with E-state index in [4.69, 9.17) is 9.47 Å². The van der Waals surface area contributed by atoms with E-state index in [-0.39, 0.29) is 18.5 Å². The molecule has 0 fully saturated rings. The number of hydrogen-bond acceptors (Lipinski definition) is 2. The highest BCUT2D eigenvalue weighted by molar-refractivity contribution is 4.75. The van der Waals surface area contributed by atoms with Crippen LogP contribution in [0.15, 0.2) is 12.7 Å². The highest BCUT2D eigenvalue weighted by Gasteiger charge is 2.22. The summed E-state index contributed by atoms with van der Waals surface area (Å²) < 4.78 is 11.6. The topological polar surface area (TPSA) is 18.5 Å². The van der Waals surface area contributed by atoms with Gasteiger partial charge in [0.1, 0.15) is 0 Å². The Morgan fingerprint density at radius 2 is 1.53 bits per heavy atom. The molecule has 0 aromatic rings. The molecule has 0 saturated heterocycles. The van der Waals surface area contributed by atoms with Crippen LogP contribution >= 0.6 is 0 Å². The van der Waals surface area contributed by atoms with Crippen LogP contribution < -0.4 is 0 Å². The minimum Gasteiger partial charge on any atom is -0.350 e. The quantitative estimate of drug-likeness (QED) is 0.452. The molecule has 0 aromatic carbocycles. The molecule has 2 heteroatoms. The van der Waals surface area contributed by atoms with Crippen LogP contribution in [0, 0.1) is 5.92 Å². The van der Waals surface area contributed by atoms with Crippen molar-refractivity contribution in [2.45, 2.75) is 66.0 Å². The lowest BCUT2D eigenvalue weighted by Gasteiger charge is -2.29. The molecule has 0 amide bonds. The molecule has 0 aromatic heterocycles. The Balaban J connectivity index is 4.34. The second-order valence-electron chi connectivity index (χ2n) is 4.43. The molecular weight excluding hydrogens is 188 g/mol. The predicted octanol–water partition coefficient (Wildman–Crippen LogP) is 3.76. The fraction of sp³-hybridized carbons (Fsp3) is 0.846. The molecule has 0 saturated carbocycles. The Morgan fingerprint density at radius 1 is 1.07 bits per heavy atom. The summed E-state index contributed by atoms with van der Waals surface area (Å²) in [6.07, 6.45) is 4.24. The zero-order chi connectivity index (χ0) is 11.8. The van der Waals surface area contributed by atoms with Crippen LogP contribution in [0.1, 0.15) is 47.5 Å². The third-order valence-corrected chi connectivity index (χ3v) is 2.19. The van der Waals surface area contributed by atoms with Crippen molar-refractivity contribution in [3.8, 4) is 0 Å². The van der Waals surface area contributed by atoms with Crippen molar-refractivity contribution in [1.29, 1.82) is 0 Å². The van der Waals surface area contributed by atoms with Crippen molar-refractivity contribution in [3.63, 3.8) is 0 Å². The summed E-state index contributed by atoms with van der Waals surface area (Å²) in [5.41, 5.74) is 0. The van der Waals surface area contributed by atoms with Crippen LogP contribution in [-0.2, 0) is 9.47 Å². The average Bonchev–Trinajstić information content (AvgIpc) is 2.11. The van der Waals surface area contributed by atoms with Crippen molar-refractivity contribution >= 4 is 0 Å². The van der Waals surface area contributed by atoms with Gasteiger partial charge >= 0.3 is 0 Å². The highest BCUT2D eigenvalue weighted by atomic mass is 16.7. The molecule has 0 bridgehead atoms. The Bertz CT molecular complexity index is 154. The van der Waals surface area contributed by atoms with Gasteiger partial charge in [-0.15, -0.1) is 6.58 Å². The molecule has 0 radical (unpaired) electrons. The van der Waals surface area contributed by atoms with E-state index >= 15 is 0 Å². The van der Waals surface area contributed by atoms with Gasteiger partial charge in [0.05, 0.1) is 12.2 Å². The Labute approximate surface area is 94.7 Å². The van der Waals surface area contributed by atoms with Crippen LogP contribution in [0.4, 0.5) is 0 Å². The SMILES string of the molecule is C=CCC(CC)C(OC(C)C)OC(C)C. The first-order chi connectivity index (χ1) is 7.01. The lowest BCUT2D eigenvalue weighted by molar-refractivity contribution is -0.207. The van der Waals surface area contributed by atoms with Gasteiger partial charge in [-0.3, -0.25) is 0 Å². The molecule has 0 heterocycles. The van der Waals surface area contributed by atoms with Gasteiger partial charge in [0.2, 0.25) is 0 Å². The first-order valence-electron chi connectivity index (χ1n) is 5.93. The number of rotatable bonds is 8. The van der Waals surface area contributed by atoms with E-state index in [0.29, 0.717) is 5.92 Å². The monoisotopic (exact) mass is 214 g/mol. The largest absolute Gasteiger partial charge is 0.350 e. The summed E-state index contributed by atoms with van der Waals surface area (Å²) >= 11 is 0. The molecule has 0 aliphatic carbocycles. The molecule has 1 unspecified atom stereocenters. The second kappa shape index (κ2) is 7.89. The fourth-order valence-electron chi connectivity index (χ4n) is 1.48. The van der Waals surface area contributed by atoms with Gasteiger partial charge < -0.3 is 9.47 Å². The summed E-state index contributed by atoms with van der Waals surface area (Å²) in [5.74, 6) is 0.410. The third-order valence-electron chi connectivity index (χ3n) is 2.19. The summed E-state index contributed by atoms with van der Waals surface area (Å²) in [6.45, 7) is 14.1. The van der Waals surface area contributed by atoms with E-state index in [1.807, 2.05) is 33.8 Å². The molecule has 15 heavy (non-hydrogen) atoms. The summed E-state index contributed by atoms with van der Waals surface area (Å²) in [6, 6.07) is 0. The lowest BCUT2D eigenvalue weighted by atomic mass is 10.0. The summed E-state index contributed by atoms with van der Waals surface area (Å²) in [7, 11) is 0. The standard InChI is InChI=1S/C13H26O2/c1-7-9-12(8-2)13(14-10(3)4)15-11(5)6/h7,10-13H,1,8-9H2,2-6H3. The van der Waals surface area contributed by atoms with Gasteiger partial charge in [-0.05, 0) is 40.5 Å². The predicted molar refractivity (Wildman–Crippen MR) is 64.8 cm³/mol. The molecular formula is C13H26O2. The number of allylic oxidation sites excluding steroid dienone is 1. The molecule has 0 spiro atoms. The van der Waals surface area contributed by atoms with E-state index in [2.05, 4.69) is 13.5 Å². The maximum absolute atomic E-state index is 5.80. The highest BCUT2D eigenvalue weighted by Crippen LogP contribution is 2.20. The summed E-state index contributed by atoms with van der Waals surface area (Å²) in [4.78, 5) is 0.